The number of ether oxygens (including phenoxy) is 2. The summed E-state index contributed by atoms with van der Waals surface area (Å²) in [5, 5.41) is 15.3. The van der Waals surface area contributed by atoms with Gasteiger partial charge in [-0.3, -0.25) is 4.90 Å². The van der Waals surface area contributed by atoms with Crippen molar-refractivity contribution in [1.29, 1.82) is 5.26 Å². The molecule has 12 heteroatoms. The van der Waals surface area contributed by atoms with Crippen LogP contribution in [0.1, 0.15) is 73.6 Å². The van der Waals surface area contributed by atoms with Crippen LogP contribution in [0.2, 0.25) is 0 Å². The molecule has 3 fully saturated rings. The van der Waals surface area contributed by atoms with Crippen LogP contribution < -0.4 is 14.5 Å². The smallest absolute Gasteiger partial charge is 0.318 e. The SMILES string of the molecule is Cc1cc2c(cnn2C2CCCCO2)c(N2CCc3c(nc(OC[C@@H]4CC(F)(F)CN4C)nc3N3CCC[C@@H](CC#N)C3)C2)c1C. The van der Waals surface area contributed by atoms with Crippen LogP contribution in [0.25, 0.3) is 10.9 Å². The first-order valence-corrected chi connectivity index (χ1v) is 16.8. The minimum atomic E-state index is -2.72. The molecule has 46 heavy (non-hydrogen) atoms. The molecule has 3 atom stereocenters. The molecule has 0 spiro atoms. The van der Waals surface area contributed by atoms with E-state index in [1.165, 1.54) is 11.1 Å². The molecule has 6 heterocycles. The first kappa shape index (κ1) is 31.1. The molecular weight excluding hydrogens is 590 g/mol. The Morgan fingerprint density at radius 2 is 2.00 bits per heavy atom. The van der Waals surface area contributed by atoms with Crippen molar-refractivity contribution >= 4 is 22.4 Å². The molecule has 3 aromatic rings. The molecule has 1 aromatic carbocycles. The zero-order valence-electron chi connectivity index (χ0n) is 27.1. The number of nitriles is 1. The van der Waals surface area contributed by atoms with Crippen LogP contribution >= 0.6 is 0 Å². The van der Waals surface area contributed by atoms with Crippen molar-refractivity contribution in [3.63, 3.8) is 0 Å². The zero-order chi connectivity index (χ0) is 32.0. The maximum Gasteiger partial charge on any atom is 0.318 e. The number of benzene rings is 1. The molecule has 0 aliphatic carbocycles. The molecule has 2 aromatic heterocycles. The lowest BCUT2D eigenvalue weighted by molar-refractivity contribution is -0.0366. The lowest BCUT2D eigenvalue weighted by atomic mass is 9.94. The molecule has 4 aliphatic heterocycles. The van der Waals surface area contributed by atoms with E-state index in [0.29, 0.717) is 13.0 Å². The summed E-state index contributed by atoms with van der Waals surface area (Å²) >= 11 is 0. The summed E-state index contributed by atoms with van der Waals surface area (Å²) in [6.07, 6.45) is 8.16. The number of rotatable bonds is 7. The number of likely N-dealkylation sites (tertiary alicyclic amines) is 1. The van der Waals surface area contributed by atoms with Crippen LogP contribution in [0.4, 0.5) is 20.3 Å². The number of likely N-dealkylation sites (N-methyl/N-ethyl adjacent to an activating group) is 1. The molecule has 10 nitrogen and oxygen atoms in total. The van der Waals surface area contributed by atoms with E-state index in [1.54, 1.807) is 11.9 Å². The van der Waals surface area contributed by atoms with Crippen molar-refractivity contribution in [2.75, 3.05) is 56.2 Å². The van der Waals surface area contributed by atoms with Gasteiger partial charge in [0.05, 0.1) is 42.3 Å². The van der Waals surface area contributed by atoms with E-state index in [-0.39, 0.29) is 37.7 Å². The molecule has 1 unspecified atom stereocenters. The fourth-order valence-corrected chi connectivity index (χ4v) is 7.83. The average molecular weight is 635 g/mol. The van der Waals surface area contributed by atoms with Crippen molar-refractivity contribution in [2.45, 2.75) is 90.0 Å². The number of aryl methyl sites for hydroxylation is 1. The number of halogens is 2. The van der Waals surface area contributed by atoms with Gasteiger partial charge in [0.2, 0.25) is 0 Å². The summed E-state index contributed by atoms with van der Waals surface area (Å²) in [6.45, 7) is 7.90. The minimum absolute atomic E-state index is 0.0495. The van der Waals surface area contributed by atoms with Gasteiger partial charge in [-0.1, -0.05) is 0 Å². The van der Waals surface area contributed by atoms with Gasteiger partial charge in [0, 0.05) is 56.1 Å². The number of aromatic nitrogens is 4. The molecule has 0 bridgehead atoms. The van der Waals surface area contributed by atoms with Gasteiger partial charge in [0.1, 0.15) is 12.4 Å². The maximum atomic E-state index is 14.1. The van der Waals surface area contributed by atoms with Crippen LogP contribution in [0, 0.1) is 31.1 Å². The van der Waals surface area contributed by atoms with Gasteiger partial charge in [0.15, 0.2) is 6.23 Å². The van der Waals surface area contributed by atoms with Gasteiger partial charge >= 0.3 is 6.01 Å². The Hall–Kier alpha value is -3.56. The summed E-state index contributed by atoms with van der Waals surface area (Å²) < 4.78 is 42.5. The molecule has 0 N–H and O–H groups in total. The highest BCUT2D eigenvalue weighted by Crippen LogP contribution is 2.40. The molecule has 0 saturated carbocycles. The summed E-state index contributed by atoms with van der Waals surface area (Å²) in [4.78, 5) is 16.2. The minimum Gasteiger partial charge on any atom is -0.462 e. The van der Waals surface area contributed by atoms with E-state index < -0.39 is 12.0 Å². The topological polar surface area (TPSA) is 95.6 Å². The zero-order valence-corrected chi connectivity index (χ0v) is 27.1. The van der Waals surface area contributed by atoms with Gasteiger partial charge in [-0.15, -0.1) is 0 Å². The van der Waals surface area contributed by atoms with Crippen molar-refractivity contribution in [2.24, 2.45) is 5.92 Å². The van der Waals surface area contributed by atoms with Crippen LogP contribution in [0.15, 0.2) is 12.3 Å². The Morgan fingerprint density at radius 3 is 2.76 bits per heavy atom. The number of hydrogen-bond donors (Lipinski definition) is 0. The Morgan fingerprint density at radius 1 is 1.13 bits per heavy atom. The van der Waals surface area contributed by atoms with Crippen molar-refractivity contribution in [3.05, 3.63) is 34.6 Å². The van der Waals surface area contributed by atoms with E-state index in [2.05, 4.69) is 35.8 Å². The van der Waals surface area contributed by atoms with E-state index in [9.17, 15) is 14.0 Å². The first-order chi connectivity index (χ1) is 22.2. The Balaban J connectivity index is 1.22. The quantitative estimate of drug-likeness (QED) is 0.331. The third-order valence-electron chi connectivity index (χ3n) is 10.4. The molecule has 0 radical (unpaired) electrons. The predicted molar refractivity (Wildman–Crippen MR) is 171 cm³/mol. The number of piperidine rings is 1. The van der Waals surface area contributed by atoms with Gasteiger partial charge < -0.3 is 19.3 Å². The summed E-state index contributed by atoms with van der Waals surface area (Å²) in [5.41, 5.74) is 6.66. The summed E-state index contributed by atoms with van der Waals surface area (Å²) in [6, 6.07) is 4.39. The number of alkyl halides is 2. The van der Waals surface area contributed by atoms with Crippen molar-refractivity contribution in [3.8, 4) is 12.1 Å². The van der Waals surface area contributed by atoms with Gasteiger partial charge in [-0.05, 0) is 82.5 Å². The fraction of sp³-hybridized carbons (Fsp3) is 0.647. The summed E-state index contributed by atoms with van der Waals surface area (Å²) in [5.74, 6) is -1.57. The van der Waals surface area contributed by atoms with E-state index in [4.69, 9.17) is 24.5 Å². The number of anilines is 2. The van der Waals surface area contributed by atoms with E-state index in [0.717, 1.165) is 98.4 Å². The second kappa shape index (κ2) is 12.6. The standard InChI is InChI=1S/C34H44F2N8O2/c1-22-15-29-27(17-38-44(29)30-8-4-5-14-45-30)31(23(22)2)42-13-10-26-28(19-42)39-33(46-20-25-16-34(35,36)21-41(25)3)40-32(26)43-12-6-7-24(18-43)9-11-37/h15,17,24-25,30H,4-10,12-14,16,18-21H2,1-3H3/t24-,25-,30?/m0/s1. The highest BCUT2D eigenvalue weighted by Gasteiger charge is 2.43. The van der Waals surface area contributed by atoms with Gasteiger partial charge in [-0.2, -0.15) is 20.3 Å². The van der Waals surface area contributed by atoms with E-state index >= 15 is 0 Å². The lowest BCUT2D eigenvalue weighted by Crippen LogP contribution is -2.39. The van der Waals surface area contributed by atoms with Gasteiger partial charge in [-0.25, -0.2) is 13.5 Å². The second-order valence-corrected chi connectivity index (χ2v) is 13.7. The Kier molecular flexibility index (Phi) is 8.48. The van der Waals surface area contributed by atoms with Crippen LogP contribution in [-0.2, 0) is 17.7 Å². The number of hydrogen-bond acceptors (Lipinski definition) is 9. The normalized spacial score (nSPS) is 25.1. The molecule has 4 aliphatic rings. The third-order valence-corrected chi connectivity index (χ3v) is 10.4. The number of fused-ring (bicyclic) bond motifs is 2. The predicted octanol–water partition coefficient (Wildman–Crippen LogP) is 5.55. The van der Waals surface area contributed by atoms with Crippen LogP contribution in [0.5, 0.6) is 6.01 Å². The van der Waals surface area contributed by atoms with Crippen LogP contribution in [-0.4, -0.2) is 83.1 Å². The monoisotopic (exact) mass is 634 g/mol. The Bertz CT molecular complexity index is 1630. The molecule has 0 amide bonds. The van der Waals surface area contributed by atoms with Crippen LogP contribution in [0.3, 0.4) is 0 Å². The van der Waals surface area contributed by atoms with Crippen molar-refractivity contribution in [1.82, 2.24) is 24.6 Å². The first-order valence-electron chi connectivity index (χ1n) is 16.8. The highest BCUT2D eigenvalue weighted by atomic mass is 19.3. The maximum absolute atomic E-state index is 14.1. The van der Waals surface area contributed by atoms with Crippen molar-refractivity contribution < 1.29 is 18.3 Å². The largest absolute Gasteiger partial charge is 0.462 e. The molecule has 246 valence electrons. The average Bonchev–Trinajstić information content (AvgIpc) is 3.58. The fourth-order valence-electron chi connectivity index (χ4n) is 7.83. The number of nitrogens with zero attached hydrogens (tertiary/aromatic N) is 8. The third kappa shape index (κ3) is 5.99. The molecule has 3 saturated heterocycles. The molecule has 7 rings (SSSR count). The lowest BCUT2D eigenvalue weighted by Gasteiger charge is -2.37. The second-order valence-electron chi connectivity index (χ2n) is 13.7. The molecular formula is C34H44F2N8O2. The van der Waals surface area contributed by atoms with Gasteiger partial charge in [0.25, 0.3) is 5.92 Å². The highest BCUT2D eigenvalue weighted by molar-refractivity contribution is 5.95. The Labute approximate surface area is 269 Å². The van der Waals surface area contributed by atoms with E-state index in [1.807, 2.05) is 10.9 Å². The summed E-state index contributed by atoms with van der Waals surface area (Å²) in [7, 11) is 1.71.